The van der Waals surface area contributed by atoms with E-state index in [9.17, 15) is 10.2 Å². The number of rotatable bonds is 0. The molecule has 19 heavy (non-hydrogen) atoms. The maximum absolute atomic E-state index is 9.83. The molecule has 4 aliphatic rings. The van der Waals surface area contributed by atoms with Gasteiger partial charge in [-0.15, -0.1) is 0 Å². The molecule has 4 heteroatoms. The lowest BCUT2D eigenvalue weighted by Gasteiger charge is -2.49. The average molecular weight is 259 g/mol. The van der Waals surface area contributed by atoms with E-state index < -0.39 is 0 Å². The van der Waals surface area contributed by atoms with E-state index in [1.807, 2.05) is 12.2 Å². The minimum absolute atomic E-state index is 0.198. The monoisotopic (exact) mass is 259 g/mol. The fourth-order valence-electron chi connectivity index (χ4n) is 3.45. The van der Waals surface area contributed by atoms with Crippen molar-refractivity contribution >= 4 is 0 Å². The Labute approximate surface area is 111 Å². The van der Waals surface area contributed by atoms with E-state index in [-0.39, 0.29) is 5.54 Å². The van der Waals surface area contributed by atoms with E-state index in [1.165, 1.54) is 16.7 Å². The van der Waals surface area contributed by atoms with Crippen LogP contribution in [0.2, 0.25) is 0 Å². The summed E-state index contributed by atoms with van der Waals surface area (Å²) in [5.74, 6) is 0.907. The van der Waals surface area contributed by atoms with Crippen molar-refractivity contribution in [3.8, 4) is 0 Å². The van der Waals surface area contributed by atoms with Crippen LogP contribution in [0.25, 0.3) is 0 Å². The van der Waals surface area contributed by atoms with Gasteiger partial charge in [0.05, 0.1) is 24.7 Å². The summed E-state index contributed by atoms with van der Waals surface area (Å²) in [4.78, 5) is 0. The van der Waals surface area contributed by atoms with Gasteiger partial charge in [-0.3, -0.25) is 0 Å². The summed E-state index contributed by atoms with van der Waals surface area (Å²) in [6, 6.07) is 0. The maximum atomic E-state index is 9.83. The Balaban J connectivity index is 1.88. The minimum atomic E-state index is -0.198. The summed E-state index contributed by atoms with van der Waals surface area (Å²) in [7, 11) is 0. The molecule has 1 fully saturated rings. The van der Waals surface area contributed by atoms with Gasteiger partial charge >= 0.3 is 0 Å². The van der Waals surface area contributed by atoms with E-state index in [0.717, 1.165) is 18.5 Å². The molecule has 0 amide bonds. The zero-order valence-electron chi connectivity index (χ0n) is 10.7. The second kappa shape index (κ2) is 3.67. The van der Waals surface area contributed by atoms with Gasteiger partial charge in [-0.1, -0.05) is 0 Å². The molecule has 3 N–H and O–H groups in total. The van der Waals surface area contributed by atoms with Gasteiger partial charge in [-0.05, 0) is 41.7 Å². The molecule has 4 rings (SSSR count). The fraction of sp³-hybridized carbons (Fsp3) is 0.467. The van der Waals surface area contributed by atoms with Crippen molar-refractivity contribution in [1.29, 1.82) is 0 Å². The first-order valence-corrected chi connectivity index (χ1v) is 6.80. The quantitative estimate of drug-likeness (QED) is 0.625. The first kappa shape index (κ1) is 11.2. The number of fused-ring (bicyclic) bond motifs is 2. The molecule has 0 saturated carbocycles. The van der Waals surface area contributed by atoms with E-state index >= 15 is 0 Å². The molecule has 2 aliphatic heterocycles. The van der Waals surface area contributed by atoms with E-state index in [2.05, 4.69) is 5.32 Å². The molecular formula is C15H17NO3. The van der Waals surface area contributed by atoms with Gasteiger partial charge in [-0.2, -0.15) is 0 Å². The molecule has 2 aliphatic carbocycles. The third kappa shape index (κ3) is 1.49. The molecule has 0 bridgehead atoms. The summed E-state index contributed by atoms with van der Waals surface area (Å²) in [5, 5.41) is 23.1. The smallest absolute Gasteiger partial charge is 0.110 e. The highest BCUT2D eigenvalue weighted by atomic mass is 16.5. The normalized spacial score (nSPS) is 28.0. The van der Waals surface area contributed by atoms with Crippen molar-refractivity contribution in [2.24, 2.45) is 0 Å². The Morgan fingerprint density at radius 3 is 2.32 bits per heavy atom. The summed E-state index contributed by atoms with van der Waals surface area (Å²) in [5.41, 5.74) is 4.68. The van der Waals surface area contributed by atoms with Gasteiger partial charge in [-0.25, -0.2) is 0 Å². The summed E-state index contributed by atoms with van der Waals surface area (Å²) in [6.07, 6.45) is 6.93. The van der Waals surface area contributed by atoms with Crippen molar-refractivity contribution in [3.63, 3.8) is 0 Å². The number of ether oxygens (including phenoxy) is 1. The van der Waals surface area contributed by atoms with Crippen LogP contribution in [0.4, 0.5) is 0 Å². The van der Waals surface area contributed by atoms with Gasteiger partial charge in [0.25, 0.3) is 0 Å². The zero-order valence-corrected chi connectivity index (χ0v) is 10.7. The predicted molar refractivity (Wildman–Crippen MR) is 70.6 cm³/mol. The van der Waals surface area contributed by atoms with Crippen LogP contribution < -0.4 is 5.32 Å². The molecular weight excluding hydrogens is 242 g/mol. The van der Waals surface area contributed by atoms with Gasteiger partial charge in [0.1, 0.15) is 5.54 Å². The fourth-order valence-corrected chi connectivity index (χ4v) is 3.45. The van der Waals surface area contributed by atoms with E-state index in [4.69, 9.17) is 4.74 Å². The molecule has 0 unspecified atom stereocenters. The standard InChI is InChI=1S/C15H17NO3/c17-9-1-3-11-12-4-2-10(18)6-14(12)16-15(7-19-8-15)13(11)5-9/h5-6,16-18H,1-4,7-8H2. The number of aliphatic hydroxyl groups excluding tert-OH is 2. The highest BCUT2D eigenvalue weighted by Crippen LogP contribution is 2.45. The van der Waals surface area contributed by atoms with Crippen molar-refractivity contribution in [2.45, 2.75) is 31.2 Å². The molecule has 0 aromatic carbocycles. The van der Waals surface area contributed by atoms with Gasteiger partial charge in [0, 0.05) is 18.5 Å². The molecule has 0 radical (unpaired) electrons. The largest absolute Gasteiger partial charge is 0.512 e. The molecule has 0 atom stereocenters. The molecule has 100 valence electrons. The SMILES string of the molecule is OC1=CC2=C(CC1)C1=C(C=C(O)CC1)C1(COC1)N2. The van der Waals surface area contributed by atoms with Gasteiger partial charge < -0.3 is 20.3 Å². The van der Waals surface area contributed by atoms with Crippen LogP contribution in [0.15, 0.2) is 46.1 Å². The second-order valence-corrected chi connectivity index (χ2v) is 5.76. The first-order chi connectivity index (χ1) is 9.18. The molecule has 0 aromatic rings. The number of aliphatic hydroxyl groups is 2. The third-order valence-electron chi connectivity index (χ3n) is 4.49. The summed E-state index contributed by atoms with van der Waals surface area (Å²) >= 11 is 0. The highest BCUT2D eigenvalue weighted by Gasteiger charge is 2.47. The number of allylic oxidation sites excluding steroid dienone is 5. The molecule has 0 aromatic heterocycles. The molecule has 1 saturated heterocycles. The Kier molecular flexibility index (Phi) is 2.16. The average Bonchev–Trinajstić information content (AvgIpc) is 2.35. The number of hydrogen-bond acceptors (Lipinski definition) is 4. The van der Waals surface area contributed by atoms with Crippen LogP contribution >= 0.6 is 0 Å². The number of nitrogens with one attached hydrogen (secondary N) is 1. The Hall–Kier alpha value is -1.68. The lowest BCUT2D eigenvalue weighted by Crippen LogP contribution is -2.63. The Morgan fingerprint density at radius 1 is 0.947 bits per heavy atom. The van der Waals surface area contributed by atoms with Crippen LogP contribution in [0.1, 0.15) is 25.7 Å². The third-order valence-corrected chi connectivity index (χ3v) is 4.49. The number of hydrogen-bond donors (Lipinski definition) is 3. The van der Waals surface area contributed by atoms with Gasteiger partial charge in [0.15, 0.2) is 0 Å². The Bertz CT molecular complexity index is 576. The Morgan fingerprint density at radius 2 is 1.63 bits per heavy atom. The second-order valence-electron chi connectivity index (χ2n) is 5.76. The van der Waals surface area contributed by atoms with E-state index in [0.29, 0.717) is 37.6 Å². The van der Waals surface area contributed by atoms with Crippen LogP contribution in [-0.4, -0.2) is 29.0 Å². The van der Waals surface area contributed by atoms with Crippen LogP contribution in [0.3, 0.4) is 0 Å². The van der Waals surface area contributed by atoms with Crippen molar-refractivity contribution in [3.05, 3.63) is 46.1 Å². The van der Waals surface area contributed by atoms with Crippen molar-refractivity contribution in [1.82, 2.24) is 5.32 Å². The highest BCUT2D eigenvalue weighted by molar-refractivity contribution is 5.58. The minimum Gasteiger partial charge on any atom is -0.512 e. The molecule has 2 heterocycles. The molecule has 1 spiro atoms. The topological polar surface area (TPSA) is 61.7 Å². The predicted octanol–water partition coefficient (Wildman–Crippen LogP) is 2.38. The zero-order chi connectivity index (χ0) is 13.0. The van der Waals surface area contributed by atoms with Gasteiger partial charge in [0.2, 0.25) is 0 Å². The summed E-state index contributed by atoms with van der Waals surface area (Å²) < 4.78 is 5.39. The van der Waals surface area contributed by atoms with Crippen molar-refractivity contribution < 1.29 is 14.9 Å². The van der Waals surface area contributed by atoms with Crippen molar-refractivity contribution in [2.75, 3.05) is 13.2 Å². The maximum Gasteiger partial charge on any atom is 0.110 e. The lowest BCUT2D eigenvalue weighted by atomic mass is 9.73. The van der Waals surface area contributed by atoms with E-state index in [1.54, 1.807) is 0 Å². The first-order valence-electron chi connectivity index (χ1n) is 6.80. The molecule has 4 nitrogen and oxygen atoms in total. The van der Waals surface area contributed by atoms with Crippen LogP contribution in [0.5, 0.6) is 0 Å². The lowest BCUT2D eigenvalue weighted by molar-refractivity contribution is -0.0491. The summed E-state index contributed by atoms with van der Waals surface area (Å²) in [6.45, 7) is 1.25. The number of dihydropyridines is 1. The van der Waals surface area contributed by atoms with Crippen LogP contribution in [-0.2, 0) is 4.74 Å². The van der Waals surface area contributed by atoms with Crippen LogP contribution in [0, 0.1) is 0 Å².